The fourth-order valence-electron chi connectivity index (χ4n) is 3.41. The summed E-state index contributed by atoms with van der Waals surface area (Å²) in [4.78, 5) is 16.1. The molecule has 4 aromatic rings. The number of rotatable bonds is 8. The predicted molar refractivity (Wildman–Crippen MR) is 115 cm³/mol. The molecule has 0 aliphatic rings. The maximum absolute atomic E-state index is 11.7. The Bertz CT molecular complexity index is 1160. The quantitative estimate of drug-likeness (QED) is 0.430. The van der Waals surface area contributed by atoms with Gasteiger partial charge in [0.25, 0.3) is 0 Å². The molecule has 6 nitrogen and oxygen atoms in total. The van der Waals surface area contributed by atoms with Gasteiger partial charge in [-0.2, -0.15) is 0 Å². The van der Waals surface area contributed by atoms with E-state index in [4.69, 9.17) is 9.15 Å². The second-order valence-corrected chi connectivity index (χ2v) is 7.95. The van der Waals surface area contributed by atoms with Crippen molar-refractivity contribution in [3.8, 4) is 10.8 Å². The number of hydrogen-bond acceptors (Lipinski definition) is 5. The molecule has 7 heteroatoms. The molecule has 3 aromatic heterocycles. The summed E-state index contributed by atoms with van der Waals surface area (Å²) in [6.45, 7) is 4.22. The highest BCUT2D eigenvalue weighted by atomic mass is 32.1. The first-order valence-electron chi connectivity index (χ1n) is 9.62. The minimum absolute atomic E-state index is 0.312. The molecular formula is C23H22N2O4S. The highest BCUT2D eigenvalue weighted by Crippen LogP contribution is 2.24. The number of carboxylic acid groups (broad SMARTS) is 1. The molecule has 154 valence electrons. The Balaban J connectivity index is 1.46. The molecule has 0 aliphatic heterocycles. The second kappa shape index (κ2) is 8.59. The highest BCUT2D eigenvalue weighted by Gasteiger charge is 2.15. The maximum Gasteiger partial charge on any atom is 0.337 e. The Kier molecular flexibility index (Phi) is 5.72. The zero-order valence-electron chi connectivity index (χ0n) is 16.8. The number of hydrogen-bond donors (Lipinski definition) is 1. The monoisotopic (exact) mass is 422 g/mol. The van der Waals surface area contributed by atoms with E-state index in [2.05, 4.69) is 4.98 Å². The summed E-state index contributed by atoms with van der Waals surface area (Å²) in [5.41, 5.74) is 2.98. The van der Waals surface area contributed by atoms with Gasteiger partial charge in [0, 0.05) is 25.7 Å². The molecule has 0 spiro atoms. The molecule has 0 aliphatic carbocycles. The lowest BCUT2D eigenvalue weighted by Crippen LogP contribution is -2.03. The lowest BCUT2D eigenvalue weighted by molar-refractivity contribution is 0.0696. The van der Waals surface area contributed by atoms with Gasteiger partial charge in [0.05, 0.1) is 22.9 Å². The van der Waals surface area contributed by atoms with Gasteiger partial charge in [0.1, 0.15) is 11.5 Å². The summed E-state index contributed by atoms with van der Waals surface area (Å²) in [6.07, 6.45) is 4.74. The Morgan fingerprint density at radius 2 is 2.10 bits per heavy atom. The molecular weight excluding hydrogens is 400 g/mol. The topological polar surface area (TPSA) is 77.5 Å². The molecule has 3 heterocycles. The number of carbonyl (C=O) groups is 1. The van der Waals surface area contributed by atoms with Crippen LogP contribution in [0.15, 0.2) is 58.6 Å². The summed E-state index contributed by atoms with van der Waals surface area (Å²) >= 11 is 1.57. The molecule has 0 atom stereocenters. The van der Waals surface area contributed by atoms with E-state index >= 15 is 0 Å². The molecule has 4 rings (SSSR count). The first-order valence-corrected chi connectivity index (χ1v) is 10.5. The third-order valence-electron chi connectivity index (χ3n) is 4.80. The number of aromatic nitrogens is 2. The van der Waals surface area contributed by atoms with Crippen molar-refractivity contribution in [2.24, 2.45) is 0 Å². The van der Waals surface area contributed by atoms with Crippen molar-refractivity contribution in [2.75, 3.05) is 6.61 Å². The Morgan fingerprint density at radius 3 is 2.80 bits per heavy atom. The number of aromatic carboxylic acids is 1. The number of aryl methyl sites for hydroxylation is 2. The summed E-state index contributed by atoms with van der Waals surface area (Å²) in [6, 6.07) is 11.7. The minimum atomic E-state index is -0.925. The van der Waals surface area contributed by atoms with Crippen molar-refractivity contribution in [1.29, 1.82) is 0 Å². The van der Waals surface area contributed by atoms with E-state index in [0.717, 1.165) is 33.3 Å². The van der Waals surface area contributed by atoms with Crippen LogP contribution in [0.1, 0.15) is 38.8 Å². The smallest absolute Gasteiger partial charge is 0.337 e. The minimum Gasteiger partial charge on any atom is -0.493 e. The van der Waals surface area contributed by atoms with Crippen LogP contribution in [0.2, 0.25) is 0 Å². The van der Waals surface area contributed by atoms with Crippen molar-refractivity contribution in [2.45, 2.75) is 26.7 Å². The molecule has 0 fully saturated rings. The van der Waals surface area contributed by atoms with Gasteiger partial charge in [-0.1, -0.05) is 12.1 Å². The van der Waals surface area contributed by atoms with Gasteiger partial charge in [-0.25, -0.2) is 9.78 Å². The number of thiophene rings is 1. The van der Waals surface area contributed by atoms with E-state index in [0.29, 0.717) is 30.9 Å². The summed E-state index contributed by atoms with van der Waals surface area (Å²) in [5, 5.41) is 12.6. The number of carboxylic acids is 1. The standard InChI is InChI=1S/C23H22N2O4S/c1-15-21(24-16(2)29-15)8-9-28-19-6-3-5-17(12-19)11-18-13-25(14-20(18)23(26)27)22-7-4-10-30-22/h3-7,10,12-14H,8-9,11H2,1-2H3,(H,26,27). The van der Waals surface area contributed by atoms with Crippen LogP contribution in [0, 0.1) is 13.8 Å². The van der Waals surface area contributed by atoms with Gasteiger partial charge in [-0.3, -0.25) is 0 Å². The molecule has 0 amide bonds. The molecule has 0 bridgehead atoms. The average Bonchev–Trinajstić information content (AvgIpc) is 3.43. The van der Waals surface area contributed by atoms with Crippen LogP contribution in [-0.4, -0.2) is 27.2 Å². The van der Waals surface area contributed by atoms with Gasteiger partial charge in [0.15, 0.2) is 5.89 Å². The summed E-state index contributed by atoms with van der Waals surface area (Å²) in [5.74, 6) is 1.31. The molecule has 0 saturated carbocycles. The number of ether oxygens (including phenoxy) is 1. The molecule has 0 unspecified atom stereocenters. The van der Waals surface area contributed by atoms with Gasteiger partial charge >= 0.3 is 5.97 Å². The zero-order chi connectivity index (χ0) is 21.1. The van der Waals surface area contributed by atoms with E-state index in [9.17, 15) is 9.90 Å². The lowest BCUT2D eigenvalue weighted by atomic mass is 10.0. The van der Waals surface area contributed by atoms with E-state index in [1.807, 2.05) is 66.4 Å². The van der Waals surface area contributed by atoms with E-state index in [-0.39, 0.29) is 0 Å². The molecule has 0 saturated heterocycles. The van der Waals surface area contributed by atoms with E-state index in [1.54, 1.807) is 17.5 Å². The van der Waals surface area contributed by atoms with Crippen LogP contribution in [-0.2, 0) is 12.8 Å². The Labute approximate surface area is 178 Å². The van der Waals surface area contributed by atoms with Crippen LogP contribution in [0.5, 0.6) is 5.75 Å². The zero-order valence-corrected chi connectivity index (χ0v) is 17.6. The van der Waals surface area contributed by atoms with Crippen LogP contribution in [0.3, 0.4) is 0 Å². The third kappa shape index (κ3) is 4.46. The number of benzene rings is 1. The van der Waals surface area contributed by atoms with E-state index < -0.39 is 5.97 Å². The number of oxazole rings is 1. The van der Waals surface area contributed by atoms with Crippen molar-refractivity contribution in [3.63, 3.8) is 0 Å². The fourth-order valence-corrected chi connectivity index (χ4v) is 4.09. The third-order valence-corrected chi connectivity index (χ3v) is 5.68. The molecule has 30 heavy (non-hydrogen) atoms. The molecule has 1 aromatic carbocycles. The SMILES string of the molecule is Cc1nc(CCOc2cccc(Cc3cn(-c4cccs4)cc3C(=O)O)c2)c(C)o1. The summed E-state index contributed by atoms with van der Waals surface area (Å²) < 4.78 is 13.2. The predicted octanol–water partition coefficient (Wildman–Crippen LogP) is 5.05. The number of nitrogens with zero attached hydrogens (tertiary/aromatic N) is 2. The van der Waals surface area contributed by atoms with Gasteiger partial charge in [-0.05, 0) is 54.1 Å². The second-order valence-electron chi connectivity index (χ2n) is 7.02. The molecule has 1 N–H and O–H groups in total. The van der Waals surface area contributed by atoms with Gasteiger partial charge in [-0.15, -0.1) is 11.3 Å². The first kappa shape index (κ1) is 20.0. The fraction of sp³-hybridized carbons (Fsp3) is 0.217. The largest absolute Gasteiger partial charge is 0.493 e. The van der Waals surface area contributed by atoms with E-state index in [1.165, 1.54) is 0 Å². The van der Waals surface area contributed by atoms with Crippen molar-refractivity contribution >= 4 is 17.3 Å². The van der Waals surface area contributed by atoms with Crippen LogP contribution in [0.25, 0.3) is 5.00 Å². The summed E-state index contributed by atoms with van der Waals surface area (Å²) in [7, 11) is 0. The molecule has 0 radical (unpaired) electrons. The van der Waals surface area contributed by atoms with Crippen molar-refractivity contribution in [1.82, 2.24) is 9.55 Å². The van der Waals surface area contributed by atoms with Crippen molar-refractivity contribution in [3.05, 3.63) is 88.2 Å². The normalized spacial score (nSPS) is 11.0. The van der Waals surface area contributed by atoms with Crippen LogP contribution in [0.4, 0.5) is 0 Å². The average molecular weight is 423 g/mol. The lowest BCUT2D eigenvalue weighted by Gasteiger charge is -2.08. The van der Waals surface area contributed by atoms with Crippen molar-refractivity contribution < 1.29 is 19.1 Å². The Morgan fingerprint density at radius 1 is 1.23 bits per heavy atom. The van der Waals surface area contributed by atoms with Gasteiger partial charge < -0.3 is 18.8 Å². The van der Waals surface area contributed by atoms with Gasteiger partial charge in [0.2, 0.25) is 0 Å². The maximum atomic E-state index is 11.7. The van der Waals surface area contributed by atoms with Crippen LogP contribution >= 0.6 is 11.3 Å². The Hall–Kier alpha value is -3.32. The van der Waals surface area contributed by atoms with Crippen LogP contribution < -0.4 is 4.74 Å². The first-order chi connectivity index (χ1) is 14.5. The highest BCUT2D eigenvalue weighted by molar-refractivity contribution is 7.12.